The number of esters is 1. The summed E-state index contributed by atoms with van der Waals surface area (Å²) in [6.07, 6.45) is 5.14. The number of nitrogens with zero attached hydrogens (tertiary/aromatic N) is 4. The summed E-state index contributed by atoms with van der Waals surface area (Å²) in [5, 5.41) is 5.69. The largest absolute Gasteiger partial charge is 0.466 e. The Morgan fingerprint density at radius 3 is 2.63 bits per heavy atom. The number of ether oxygens (including phenoxy) is 1. The van der Waals surface area contributed by atoms with Crippen molar-refractivity contribution >= 4 is 28.6 Å². The van der Waals surface area contributed by atoms with Gasteiger partial charge in [-0.15, -0.1) is 0 Å². The Kier molecular flexibility index (Phi) is 5.07. The molecule has 27 heavy (non-hydrogen) atoms. The summed E-state index contributed by atoms with van der Waals surface area (Å²) < 4.78 is 7.10. The average molecular weight is 385 g/mol. The minimum Gasteiger partial charge on any atom is -0.466 e. The lowest BCUT2D eigenvalue weighted by Crippen LogP contribution is -2.25. The molecule has 7 heteroatoms. The molecule has 0 unspecified atom stereocenters. The summed E-state index contributed by atoms with van der Waals surface area (Å²) in [6, 6.07) is 10.1. The molecule has 0 amide bonds. The number of halogens is 1. The van der Waals surface area contributed by atoms with E-state index in [-0.39, 0.29) is 23.2 Å². The van der Waals surface area contributed by atoms with E-state index in [1.165, 1.54) is 0 Å². The minimum atomic E-state index is -0.0852. The first kappa shape index (κ1) is 17.9. The molecule has 0 aliphatic heterocycles. The Labute approximate surface area is 162 Å². The number of hydrogen-bond acceptors (Lipinski definition) is 5. The molecule has 1 fully saturated rings. The molecule has 0 atom stereocenters. The van der Waals surface area contributed by atoms with Crippen molar-refractivity contribution in [3.8, 4) is 11.3 Å². The molecule has 140 valence electrons. The molecule has 3 aromatic rings. The molecule has 0 radical (unpaired) electrons. The molecule has 1 aromatic carbocycles. The van der Waals surface area contributed by atoms with Crippen LogP contribution >= 0.6 is 11.6 Å². The molecule has 2 heterocycles. The van der Waals surface area contributed by atoms with Crippen LogP contribution in [0.25, 0.3) is 22.3 Å². The zero-order chi connectivity index (χ0) is 18.8. The SMILES string of the molecule is CCOC(=O)C1CCC(n2ncc3c(-c4ccccc4)nc(Cl)nc32)CC1. The van der Waals surface area contributed by atoms with Gasteiger partial charge in [0.05, 0.1) is 35.8 Å². The fourth-order valence-electron chi connectivity index (χ4n) is 3.80. The Morgan fingerprint density at radius 1 is 1.19 bits per heavy atom. The lowest BCUT2D eigenvalue weighted by molar-refractivity contribution is -0.149. The highest BCUT2D eigenvalue weighted by atomic mass is 35.5. The number of rotatable bonds is 4. The van der Waals surface area contributed by atoms with Crippen molar-refractivity contribution in [1.82, 2.24) is 19.7 Å². The van der Waals surface area contributed by atoms with Crippen LogP contribution in [0.2, 0.25) is 5.28 Å². The van der Waals surface area contributed by atoms with Gasteiger partial charge in [-0.3, -0.25) is 4.79 Å². The van der Waals surface area contributed by atoms with E-state index in [0.717, 1.165) is 48.0 Å². The Morgan fingerprint density at radius 2 is 1.93 bits per heavy atom. The van der Waals surface area contributed by atoms with E-state index < -0.39 is 0 Å². The molecule has 6 nitrogen and oxygen atoms in total. The molecule has 1 aliphatic rings. The highest BCUT2D eigenvalue weighted by Crippen LogP contribution is 2.35. The summed E-state index contributed by atoms with van der Waals surface area (Å²) in [5.74, 6) is -0.0980. The highest BCUT2D eigenvalue weighted by Gasteiger charge is 2.29. The molecule has 0 N–H and O–H groups in total. The van der Waals surface area contributed by atoms with Crippen LogP contribution in [0.5, 0.6) is 0 Å². The molecular weight excluding hydrogens is 364 g/mol. The van der Waals surface area contributed by atoms with Crippen molar-refractivity contribution in [3.05, 3.63) is 41.8 Å². The third-order valence-electron chi connectivity index (χ3n) is 5.14. The van der Waals surface area contributed by atoms with Crippen molar-refractivity contribution in [3.63, 3.8) is 0 Å². The molecule has 1 aliphatic carbocycles. The molecule has 2 aromatic heterocycles. The summed E-state index contributed by atoms with van der Waals surface area (Å²) in [4.78, 5) is 20.8. The predicted molar refractivity (Wildman–Crippen MR) is 103 cm³/mol. The average Bonchev–Trinajstić information content (AvgIpc) is 3.12. The van der Waals surface area contributed by atoms with Crippen LogP contribution in [0.15, 0.2) is 36.5 Å². The van der Waals surface area contributed by atoms with Crippen LogP contribution in [0, 0.1) is 5.92 Å². The summed E-state index contributed by atoms with van der Waals surface area (Å²) in [6.45, 7) is 2.27. The van der Waals surface area contributed by atoms with Crippen LogP contribution in [-0.4, -0.2) is 32.3 Å². The maximum absolute atomic E-state index is 12.0. The van der Waals surface area contributed by atoms with Gasteiger partial charge in [0.1, 0.15) is 0 Å². The number of carbonyl (C=O) groups excluding carboxylic acids is 1. The van der Waals surface area contributed by atoms with Gasteiger partial charge < -0.3 is 4.74 Å². The van der Waals surface area contributed by atoms with E-state index >= 15 is 0 Å². The highest BCUT2D eigenvalue weighted by molar-refractivity contribution is 6.28. The van der Waals surface area contributed by atoms with Gasteiger partial charge in [0, 0.05) is 5.56 Å². The fourth-order valence-corrected chi connectivity index (χ4v) is 3.96. The third-order valence-corrected chi connectivity index (χ3v) is 5.31. The fraction of sp³-hybridized carbons (Fsp3) is 0.400. The van der Waals surface area contributed by atoms with Crippen molar-refractivity contribution < 1.29 is 9.53 Å². The normalized spacial score (nSPS) is 19.9. The first-order valence-corrected chi connectivity index (χ1v) is 9.68. The van der Waals surface area contributed by atoms with Gasteiger partial charge in [0.2, 0.25) is 5.28 Å². The second-order valence-corrected chi connectivity index (χ2v) is 7.13. The monoisotopic (exact) mass is 384 g/mol. The number of benzene rings is 1. The van der Waals surface area contributed by atoms with E-state index in [4.69, 9.17) is 16.3 Å². The zero-order valence-electron chi connectivity index (χ0n) is 15.1. The van der Waals surface area contributed by atoms with Crippen molar-refractivity contribution in [2.45, 2.75) is 38.6 Å². The van der Waals surface area contributed by atoms with Crippen LogP contribution in [0.1, 0.15) is 38.6 Å². The Bertz CT molecular complexity index is 949. The lowest BCUT2D eigenvalue weighted by atomic mass is 9.86. The second kappa shape index (κ2) is 7.64. The third kappa shape index (κ3) is 3.54. The van der Waals surface area contributed by atoms with Crippen molar-refractivity contribution in [2.24, 2.45) is 5.92 Å². The molecule has 0 spiro atoms. The number of aromatic nitrogens is 4. The number of hydrogen-bond donors (Lipinski definition) is 0. The lowest BCUT2D eigenvalue weighted by Gasteiger charge is -2.27. The number of fused-ring (bicyclic) bond motifs is 1. The van der Waals surface area contributed by atoms with E-state index in [9.17, 15) is 4.79 Å². The van der Waals surface area contributed by atoms with Gasteiger partial charge in [-0.25, -0.2) is 9.67 Å². The standard InChI is InChI=1S/C20H21ClN4O2/c1-2-27-19(26)14-8-10-15(11-9-14)25-18-16(12-22-25)17(23-20(21)24-18)13-6-4-3-5-7-13/h3-7,12,14-15H,2,8-11H2,1H3. The molecule has 4 rings (SSSR count). The number of carbonyl (C=O) groups is 1. The van der Waals surface area contributed by atoms with E-state index in [1.807, 2.05) is 48.1 Å². The van der Waals surface area contributed by atoms with E-state index in [2.05, 4.69) is 15.1 Å². The van der Waals surface area contributed by atoms with Gasteiger partial charge in [-0.2, -0.15) is 10.1 Å². The topological polar surface area (TPSA) is 69.9 Å². The first-order chi connectivity index (χ1) is 13.2. The predicted octanol–water partition coefficient (Wildman–Crippen LogP) is 4.44. The Hall–Kier alpha value is -2.47. The zero-order valence-corrected chi connectivity index (χ0v) is 15.9. The Balaban J connectivity index is 1.63. The van der Waals surface area contributed by atoms with Gasteiger partial charge in [0.15, 0.2) is 5.65 Å². The molecule has 0 bridgehead atoms. The van der Waals surface area contributed by atoms with Gasteiger partial charge in [0.25, 0.3) is 0 Å². The smallest absolute Gasteiger partial charge is 0.308 e. The molecular formula is C20H21ClN4O2. The quantitative estimate of drug-likeness (QED) is 0.491. The van der Waals surface area contributed by atoms with Gasteiger partial charge in [-0.1, -0.05) is 30.3 Å². The van der Waals surface area contributed by atoms with Crippen LogP contribution in [0.3, 0.4) is 0 Å². The van der Waals surface area contributed by atoms with E-state index in [0.29, 0.717) is 6.61 Å². The van der Waals surface area contributed by atoms with E-state index in [1.54, 1.807) is 0 Å². The minimum absolute atomic E-state index is 0.0129. The van der Waals surface area contributed by atoms with Crippen LogP contribution in [-0.2, 0) is 9.53 Å². The van der Waals surface area contributed by atoms with Gasteiger partial charge >= 0.3 is 5.97 Å². The first-order valence-electron chi connectivity index (χ1n) is 9.30. The van der Waals surface area contributed by atoms with Crippen LogP contribution in [0.4, 0.5) is 0 Å². The summed E-state index contributed by atoms with van der Waals surface area (Å²) >= 11 is 6.22. The summed E-state index contributed by atoms with van der Waals surface area (Å²) in [7, 11) is 0. The maximum Gasteiger partial charge on any atom is 0.308 e. The molecule has 0 saturated heterocycles. The maximum atomic E-state index is 12.0. The second-order valence-electron chi connectivity index (χ2n) is 6.79. The van der Waals surface area contributed by atoms with Crippen LogP contribution < -0.4 is 0 Å². The van der Waals surface area contributed by atoms with Crippen molar-refractivity contribution in [1.29, 1.82) is 0 Å². The van der Waals surface area contributed by atoms with Gasteiger partial charge in [-0.05, 0) is 44.2 Å². The molecule has 1 saturated carbocycles. The summed E-state index contributed by atoms with van der Waals surface area (Å²) in [5.41, 5.74) is 2.52. The van der Waals surface area contributed by atoms with Crippen molar-refractivity contribution in [2.75, 3.05) is 6.61 Å².